The van der Waals surface area contributed by atoms with E-state index < -0.39 is 0 Å². The lowest BCUT2D eigenvalue weighted by atomic mass is 10.1. The Bertz CT molecular complexity index is 366. The number of hydrogen-bond donors (Lipinski definition) is 1. The topological polar surface area (TPSA) is 29.5 Å². The molecular weight excluding hydrogens is 244 g/mol. The fourth-order valence-electron chi connectivity index (χ4n) is 1.15. The van der Waals surface area contributed by atoms with Gasteiger partial charge in [0.1, 0.15) is 0 Å². The summed E-state index contributed by atoms with van der Waals surface area (Å²) in [5.74, 6) is 3.16. The summed E-state index contributed by atoms with van der Waals surface area (Å²) in [6.45, 7) is 0. The Hall–Kier alpha value is -1.14. The van der Waals surface area contributed by atoms with Crippen LogP contribution in [0.1, 0.15) is 12.0 Å². The van der Waals surface area contributed by atoms with Crippen molar-refractivity contribution in [1.29, 1.82) is 0 Å². The molecule has 0 saturated carbocycles. The molecule has 0 heterocycles. The smallest absolute Gasteiger partial charge is 0.161 e. The molecule has 0 bridgehead atoms. The third-order valence-electron chi connectivity index (χ3n) is 1.89. The van der Waals surface area contributed by atoms with Crippen molar-refractivity contribution in [1.82, 2.24) is 0 Å². The number of phenols is 1. The predicted molar refractivity (Wildman–Crippen MR) is 59.5 cm³/mol. The van der Waals surface area contributed by atoms with Gasteiger partial charge in [-0.3, -0.25) is 0 Å². The molecule has 0 saturated heterocycles. The number of aryl methyl sites for hydroxylation is 1. The molecule has 0 aromatic heterocycles. The minimum Gasteiger partial charge on any atom is -0.504 e. The van der Waals surface area contributed by atoms with E-state index in [2.05, 4.69) is 21.9 Å². The number of ether oxygens (including phenoxy) is 1. The summed E-state index contributed by atoms with van der Waals surface area (Å²) in [4.78, 5) is 0. The molecule has 3 heteroatoms. The van der Waals surface area contributed by atoms with Crippen molar-refractivity contribution >= 4 is 15.9 Å². The van der Waals surface area contributed by atoms with E-state index in [0.717, 1.165) is 16.5 Å². The van der Waals surface area contributed by atoms with E-state index in [9.17, 15) is 5.11 Å². The van der Waals surface area contributed by atoms with Crippen LogP contribution in [0.5, 0.6) is 11.5 Å². The highest BCUT2D eigenvalue weighted by atomic mass is 79.9. The Morgan fingerprint density at radius 2 is 2.29 bits per heavy atom. The van der Waals surface area contributed by atoms with E-state index >= 15 is 0 Å². The van der Waals surface area contributed by atoms with E-state index in [4.69, 9.17) is 11.2 Å². The zero-order valence-electron chi connectivity index (χ0n) is 7.88. The largest absolute Gasteiger partial charge is 0.504 e. The lowest BCUT2D eigenvalue weighted by molar-refractivity contribution is 0.372. The first-order valence-electron chi connectivity index (χ1n) is 4.18. The molecule has 0 atom stereocenters. The molecule has 1 aromatic carbocycles. The minimum absolute atomic E-state index is 0.141. The van der Waals surface area contributed by atoms with E-state index in [0.29, 0.717) is 12.2 Å². The molecule has 0 unspecified atom stereocenters. The third-order valence-corrected chi connectivity index (χ3v) is 2.62. The Kier molecular flexibility index (Phi) is 3.84. The molecule has 0 amide bonds. The zero-order chi connectivity index (χ0) is 10.6. The summed E-state index contributed by atoms with van der Waals surface area (Å²) in [5, 5.41) is 9.52. The van der Waals surface area contributed by atoms with E-state index in [1.807, 2.05) is 0 Å². The molecule has 0 spiro atoms. The maximum Gasteiger partial charge on any atom is 0.161 e. The highest BCUT2D eigenvalue weighted by molar-refractivity contribution is 9.10. The Labute approximate surface area is 92.0 Å². The summed E-state index contributed by atoms with van der Waals surface area (Å²) < 4.78 is 5.87. The van der Waals surface area contributed by atoms with Crippen LogP contribution in [-0.4, -0.2) is 12.2 Å². The van der Waals surface area contributed by atoms with Gasteiger partial charge >= 0.3 is 0 Å². The average molecular weight is 255 g/mol. The van der Waals surface area contributed by atoms with Gasteiger partial charge in [-0.1, -0.05) is 15.9 Å². The van der Waals surface area contributed by atoms with Crippen LogP contribution in [0.4, 0.5) is 0 Å². The van der Waals surface area contributed by atoms with Gasteiger partial charge in [0, 0.05) is 10.9 Å². The normalized spacial score (nSPS) is 9.50. The van der Waals surface area contributed by atoms with Crippen LogP contribution in [0.3, 0.4) is 0 Å². The number of hydrogen-bond acceptors (Lipinski definition) is 2. The third kappa shape index (κ3) is 2.43. The molecule has 74 valence electrons. The first-order valence-corrected chi connectivity index (χ1v) is 4.97. The van der Waals surface area contributed by atoms with Crippen LogP contribution in [-0.2, 0) is 6.42 Å². The SMILES string of the molecule is C#CCCc1cc(O)c(OC)cc1Br. The zero-order valence-corrected chi connectivity index (χ0v) is 9.47. The van der Waals surface area contributed by atoms with Gasteiger partial charge in [0.15, 0.2) is 11.5 Å². The summed E-state index contributed by atoms with van der Waals surface area (Å²) >= 11 is 3.39. The molecule has 14 heavy (non-hydrogen) atoms. The number of terminal acetylenes is 1. The van der Waals surface area contributed by atoms with Crippen molar-refractivity contribution in [2.45, 2.75) is 12.8 Å². The van der Waals surface area contributed by atoms with Crippen molar-refractivity contribution < 1.29 is 9.84 Å². The first kappa shape index (κ1) is 10.9. The Morgan fingerprint density at radius 1 is 1.57 bits per heavy atom. The molecule has 2 nitrogen and oxygen atoms in total. The number of halogens is 1. The van der Waals surface area contributed by atoms with Crippen LogP contribution in [0.25, 0.3) is 0 Å². The van der Waals surface area contributed by atoms with Crippen LogP contribution < -0.4 is 4.74 Å². The summed E-state index contributed by atoms with van der Waals surface area (Å²) in [6.07, 6.45) is 6.57. The summed E-state index contributed by atoms with van der Waals surface area (Å²) in [5.41, 5.74) is 0.987. The lowest BCUT2D eigenvalue weighted by Gasteiger charge is -2.07. The highest BCUT2D eigenvalue weighted by Gasteiger charge is 2.07. The van der Waals surface area contributed by atoms with Crippen molar-refractivity contribution in [3.8, 4) is 23.8 Å². The fourth-order valence-corrected chi connectivity index (χ4v) is 1.67. The van der Waals surface area contributed by atoms with Crippen molar-refractivity contribution in [3.63, 3.8) is 0 Å². The summed E-state index contributed by atoms with van der Waals surface area (Å²) in [7, 11) is 1.52. The molecule has 0 aliphatic rings. The number of rotatable bonds is 3. The second kappa shape index (κ2) is 4.92. The highest BCUT2D eigenvalue weighted by Crippen LogP contribution is 2.32. The van der Waals surface area contributed by atoms with Crippen LogP contribution in [0.15, 0.2) is 16.6 Å². The average Bonchev–Trinajstić information content (AvgIpc) is 2.18. The minimum atomic E-state index is 0.141. The van der Waals surface area contributed by atoms with Gasteiger partial charge in [-0.2, -0.15) is 0 Å². The molecule has 0 radical (unpaired) electrons. The monoisotopic (exact) mass is 254 g/mol. The van der Waals surface area contributed by atoms with Gasteiger partial charge in [0.05, 0.1) is 7.11 Å². The maximum atomic E-state index is 9.52. The molecule has 1 rings (SSSR count). The van der Waals surface area contributed by atoms with Gasteiger partial charge < -0.3 is 9.84 Å². The van der Waals surface area contributed by atoms with Gasteiger partial charge in [0.25, 0.3) is 0 Å². The molecule has 0 aliphatic heterocycles. The molecule has 1 N–H and O–H groups in total. The van der Waals surface area contributed by atoms with Gasteiger partial charge in [-0.25, -0.2) is 0 Å². The fraction of sp³-hybridized carbons (Fsp3) is 0.273. The second-order valence-corrected chi connectivity index (χ2v) is 3.67. The maximum absolute atomic E-state index is 9.52. The van der Waals surface area contributed by atoms with Crippen LogP contribution >= 0.6 is 15.9 Å². The summed E-state index contributed by atoms with van der Waals surface area (Å²) in [6, 6.07) is 3.40. The molecule has 0 aliphatic carbocycles. The number of aromatic hydroxyl groups is 1. The molecule has 1 aromatic rings. The van der Waals surface area contributed by atoms with Crippen molar-refractivity contribution in [3.05, 3.63) is 22.2 Å². The predicted octanol–water partition coefficient (Wildman–Crippen LogP) is 2.73. The Balaban J connectivity index is 2.97. The molecular formula is C11H11BrO2. The van der Waals surface area contributed by atoms with E-state index in [1.165, 1.54) is 7.11 Å². The van der Waals surface area contributed by atoms with Gasteiger partial charge in [0.2, 0.25) is 0 Å². The molecule has 0 fully saturated rings. The van der Waals surface area contributed by atoms with Crippen molar-refractivity contribution in [2.75, 3.05) is 7.11 Å². The second-order valence-electron chi connectivity index (χ2n) is 2.82. The first-order chi connectivity index (χ1) is 6.69. The van der Waals surface area contributed by atoms with E-state index in [-0.39, 0.29) is 5.75 Å². The van der Waals surface area contributed by atoms with E-state index in [1.54, 1.807) is 12.1 Å². The van der Waals surface area contributed by atoms with Gasteiger partial charge in [-0.05, 0) is 24.1 Å². The standard InChI is InChI=1S/C11H11BrO2/c1-3-4-5-8-6-10(13)11(14-2)7-9(8)12/h1,6-7,13H,4-5H2,2H3. The van der Waals surface area contributed by atoms with Gasteiger partial charge in [-0.15, -0.1) is 12.3 Å². The number of methoxy groups -OCH3 is 1. The van der Waals surface area contributed by atoms with Crippen LogP contribution in [0.2, 0.25) is 0 Å². The number of benzene rings is 1. The Morgan fingerprint density at radius 3 is 2.86 bits per heavy atom. The quantitative estimate of drug-likeness (QED) is 0.841. The lowest BCUT2D eigenvalue weighted by Crippen LogP contribution is -1.89. The van der Waals surface area contributed by atoms with Crippen molar-refractivity contribution in [2.24, 2.45) is 0 Å². The number of phenolic OH excluding ortho intramolecular Hbond substituents is 1. The van der Waals surface area contributed by atoms with Crippen LogP contribution in [0, 0.1) is 12.3 Å².